The zero-order chi connectivity index (χ0) is 15.8. The fraction of sp³-hybridized carbons (Fsp3) is 0.235. The summed E-state index contributed by atoms with van der Waals surface area (Å²) in [4.78, 5) is 15.7. The molecule has 1 heterocycles. The van der Waals surface area contributed by atoms with Gasteiger partial charge in [0, 0.05) is 23.7 Å². The highest BCUT2D eigenvalue weighted by atomic mass is 16.5. The van der Waals surface area contributed by atoms with Gasteiger partial charge in [0.1, 0.15) is 5.75 Å². The molecule has 1 aromatic carbocycles. The van der Waals surface area contributed by atoms with Crippen LogP contribution >= 0.6 is 0 Å². The van der Waals surface area contributed by atoms with Crippen molar-refractivity contribution < 1.29 is 9.53 Å². The van der Waals surface area contributed by atoms with Crippen LogP contribution in [0.5, 0.6) is 5.75 Å². The molecule has 0 bridgehead atoms. The van der Waals surface area contributed by atoms with Crippen LogP contribution in [0.3, 0.4) is 0 Å². The number of pyridine rings is 1. The molecule has 1 aromatic heterocycles. The number of rotatable bonds is 6. The van der Waals surface area contributed by atoms with Gasteiger partial charge in [0.2, 0.25) is 0 Å². The molecule has 0 aliphatic carbocycles. The Labute approximate surface area is 130 Å². The minimum atomic E-state index is -0.230. The predicted molar refractivity (Wildman–Crippen MR) is 86.1 cm³/mol. The summed E-state index contributed by atoms with van der Waals surface area (Å²) in [5, 5.41) is 4.12. The van der Waals surface area contributed by atoms with Gasteiger partial charge in [-0.15, -0.1) is 0 Å². The second-order valence-corrected chi connectivity index (χ2v) is 4.87. The Bertz CT molecular complexity index is 637. The number of nitrogens with one attached hydrogen (secondary N) is 1. The maximum absolute atomic E-state index is 11.8. The number of aromatic nitrogens is 1. The van der Waals surface area contributed by atoms with Gasteiger partial charge < -0.3 is 4.74 Å². The number of amides is 1. The molecule has 1 N–H and O–H groups in total. The van der Waals surface area contributed by atoms with Crippen LogP contribution in [0.1, 0.15) is 29.3 Å². The summed E-state index contributed by atoms with van der Waals surface area (Å²) in [5.74, 6) is 0.616. The maximum Gasteiger partial charge on any atom is 0.271 e. The number of methoxy groups -OCH3 is 1. The molecule has 0 radical (unpaired) electrons. The molecule has 0 spiro atoms. The molecule has 2 aromatic rings. The third-order valence-corrected chi connectivity index (χ3v) is 3.23. The molecule has 5 heteroatoms. The van der Waals surface area contributed by atoms with Crippen molar-refractivity contribution in [1.29, 1.82) is 0 Å². The lowest BCUT2D eigenvalue weighted by Crippen LogP contribution is -2.19. The van der Waals surface area contributed by atoms with Gasteiger partial charge in [-0.25, -0.2) is 5.43 Å². The lowest BCUT2D eigenvalue weighted by molar-refractivity contribution is 0.0954. The number of aryl methyl sites for hydroxylation is 1. The van der Waals surface area contributed by atoms with Crippen molar-refractivity contribution in [3.63, 3.8) is 0 Å². The normalized spacial score (nSPS) is 11.1. The molecule has 0 aliphatic heterocycles. The summed E-state index contributed by atoms with van der Waals surface area (Å²) < 4.78 is 5.13. The summed E-state index contributed by atoms with van der Waals surface area (Å²) in [5.41, 5.74) is 5.18. The van der Waals surface area contributed by atoms with Crippen LogP contribution in [-0.4, -0.2) is 23.7 Å². The molecule has 2 rings (SSSR count). The summed E-state index contributed by atoms with van der Waals surface area (Å²) >= 11 is 0. The first-order valence-corrected chi connectivity index (χ1v) is 7.05. The van der Waals surface area contributed by atoms with Gasteiger partial charge in [-0.1, -0.05) is 12.1 Å². The van der Waals surface area contributed by atoms with Crippen molar-refractivity contribution in [3.8, 4) is 5.75 Å². The number of carbonyl (C=O) groups excluding carboxylic acids is 1. The standard InChI is InChI=1S/C17H19N3O2/c1-13(3-4-14-5-7-16(22-2)8-6-14)19-20-17(21)15-9-11-18-12-10-15/h5-12H,3-4H2,1-2H3,(H,20,21)/b19-13-. The molecule has 0 aliphatic rings. The van der Waals surface area contributed by atoms with E-state index in [0.29, 0.717) is 5.56 Å². The second kappa shape index (κ2) is 7.93. The third kappa shape index (κ3) is 4.70. The largest absolute Gasteiger partial charge is 0.497 e. The minimum Gasteiger partial charge on any atom is -0.497 e. The molecule has 0 saturated heterocycles. The first-order chi connectivity index (χ1) is 10.7. The monoisotopic (exact) mass is 297 g/mol. The smallest absolute Gasteiger partial charge is 0.271 e. The highest BCUT2D eigenvalue weighted by molar-refractivity contribution is 5.95. The number of ether oxygens (including phenoxy) is 1. The van der Waals surface area contributed by atoms with Crippen LogP contribution < -0.4 is 10.2 Å². The summed E-state index contributed by atoms with van der Waals surface area (Å²) in [6.45, 7) is 1.90. The van der Waals surface area contributed by atoms with E-state index < -0.39 is 0 Å². The molecule has 0 saturated carbocycles. The van der Waals surface area contributed by atoms with E-state index in [-0.39, 0.29) is 5.91 Å². The van der Waals surface area contributed by atoms with E-state index in [0.717, 1.165) is 24.3 Å². The van der Waals surface area contributed by atoms with Gasteiger partial charge in [0.25, 0.3) is 5.91 Å². The lowest BCUT2D eigenvalue weighted by atomic mass is 10.1. The van der Waals surface area contributed by atoms with Gasteiger partial charge in [0.05, 0.1) is 7.11 Å². The molecule has 0 fully saturated rings. The zero-order valence-electron chi connectivity index (χ0n) is 12.7. The molecule has 22 heavy (non-hydrogen) atoms. The summed E-state index contributed by atoms with van der Waals surface area (Å²) in [7, 11) is 1.65. The quantitative estimate of drug-likeness (QED) is 0.658. The Morgan fingerprint density at radius 1 is 1.18 bits per heavy atom. The fourth-order valence-corrected chi connectivity index (χ4v) is 1.89. The number of hydrazone groups is 1. The van der Waals surface area contributed by atoms with Crippen molar-refractivity contribution in [1.82, 2.24) is 10.4 Å². The number of nitrogens with zero attached hydrogens (tertiary/aromatic N) is 2. The first kappa shape index (κ1) is 15.7. The molecule has 0 atom stereocenters. The van der Waals surface area contributed by atoms with Crippen LogP contribution in [-0.2, 0) is 6.42 Å². The van der Waals surface area contributed by atoms with Gasteiger partial charge in [-0.2, -0.15) is 5.10 Å². The van der Waals surface area contributed by atoms with Crippen molar-refractivity contribution in [3.05, 3.63) is 59.9 Å². The molecule has 1 amide bonds. The number of hydrogen-bond donors (Lipinski definition) is 1. The molecule has 5 nitrogen and oxygen atoms in total. The topological polar surface area (TPSA) is 63.6 Å². The first-order valence-electron chi connectivity index (χ1n) is 7.05. The van der Waals surface area contributed by atoms with Crippen LogP contribution in [0.25, 0.3) is 0 Å². The Balaban J connectivity index is 1.83. The second-order valence-electron chi connectivity index (χ2n) is 4.87. The van der Waals surface area contributed by atoms with Gasteiger partial charge in [0.15, 0.2) is 0 Å². The van der Waals surface area contributed by atoms with Crippen LogP contribution in [0.15, 0.2) is 53.9 Å². The van der Waals surface area contributed by atoms with Gasteiger partial charge in [-0.05, 0) is 49.6 Å². The average Bonchev–Trinajstić information content (AvgIpc) is 2.59. The van der Waals surface area contributed by atoms with E-state index in [4.69, 9.17) is 4.74 Å². The maximum atomic E-state index is 11.8. The van der Waals surface area contributed by atoms with Crippen LogP contribution in [0.4, 0.5) is 0 Å². The van der Waals surface area contributed by atoms with Crippen molar-refractivity contribution in [2.45, 2.75) is 19.8 Å². The van der Waals surface area contributed by atoms with Gasteiger partial charge in [-0.3, -0.25) is 9.78 Å². The Hall–Kier alpha value is -2.69. The molecular weight excluding hydrogens is 278 g/mol. The molecule has 0 unspecified atom stereocenters. The van der Waals surface area contributed by atoms with Crippen LogP contribution in [0.2, 0.25) is 0 Å². The summed E-state index contributed by atoms with van der Waals surface area (Å²) in [6, 6.07) is 11.2. The van der Waals surface area contributed by atoms with E-state index in [1.165, 1.54) is 5.56 Å². The van der Waals surface area contributed by atoms with Crippen molar-refractivity contribution >= 4 is 11.6 Å². The third-order valence-electron chi connectivity index (χ3n) is 3.23. The van der Waals surface area contributed by atoms with E-state index >= 15 is 0 Å². The van der Waals surface area contributed by atoms with Crippen molar-refractivity contribution in [2.24, 2.45) is 5.10 Å². The van der Waals surface area contributed by atoms with E-state index in [1.807, 2.05) is 31.2 Å². The fourth-order valence-electron chi connectivity index (χ4n) is 1.89. The lowest BCUT2D eigenvalue weighted by Gasteiger charge is -2.04. The Morgan fingerprint density at radius 2 is 1.86 bits per heavy atom. The van der Waals surface area contributed by atoms with E-state index in [9.17, 15) is 4.79 Å². The minimum absolute atomic E-state index is 0.230. The number of carbonyl (C=O) groups is 1. The van der Waals surface area contributed by atoms with E-state index in [1.54, 1.807) is 31.6 Å². The zero-order valence-corrected chi connectivity index (χ0v) is 12.7. The highest BCUT2D eigenvalue weighted by Crippen LogP contribution is 2.12. The molecule has 114 valence electrons. The number of hydrogen-bond acceptors (Lipinski definition) is 4. The Morgan fingerprint density at radius 3 is 2.50 bits per heavy atom. The average molecular weight is 297 g/mol. The van der Waals surface area contributed by atoms with Crippen LogP contribution in [0, 0.1) is 0 Å². The molecular formula is C17H19N3O2. The predicted octanol–water partition coefficient (Wildman–Crippen LogP) is 2.83. The van der Waals surface area contributed by atoms with E-state index in [2.05, 4.69) is 15.5 Å². The SMILES string of the molecule is COc1ccc(CC/C(C)=N\NC(=O)c2ccncc2)cc1. The van der Waals surface area contributed by atoms with Crippen molar-refractivity contribution in [2.75, 3.05) is 7.11 Å². The summed E-state index contributed by atoms with van der Waals surface area (Å²) in [6.07, 6.45) is 4.80. The number of benzene rings is 1. The Kier molecular flexibility index (Phi) is 5.65. The highest BCUT2D eigenvalue weighted by Gasteiger charge is 2.03. The van der Waals surface area contributed by atoms with Gasteiger partial charge >= 0.3 is 0 Å².